The number of carbonyl (C=O) groups is 2. The van der Waals surface area contributed by atoms with Gasteiger partial charge in [0.15, 0.2) is 11.6 Å². The van der Waals surface area contributed by atoms with Gasteiger partial charge in [-0.1, -0.05) is 12.1 Å². The molecule has 0 radical (unpaired) electrons. The Morgan fingerprint density at radius 2 is 2.03 bits per heavy atom. The molecule has 7 nitrogen and oxygen atoms in total. The van der Waals surface area contributed by atoms with E-state index >= 15 is 0 Å². The summed E-state index contributed by atoms with van der Waals surface area (Å²) in [6.07, 6.45) is 2.38. The zero-order valence-corrected chi connectivity index (χ0v) is 18.3. The lowest BCUT2D eigenvalue weighted by atomic mass is 10.00. The summed E-state index contributed by atoms with van der Waals surface area (Å²) in [5.74, 6) is -2.21. The maximum atomic E-state index is 13.8. The largest absolute Gasteiger partial charge is 0.384 e. The third-order valence-corrected chi connectivity index (χ3v) is 5.71. The van der Waals surface area contributed by atoms with Crippen LogP contribution in [0.4, 0.5) is 14.6 Å². The van der Waals surface area contributed by atoms with Crippen molar-refractivity contribution in [2.45, 2.75) is 58.3 Å². The Bertz CT molecular complexity index is 979. The van der Waals surface area contributed by atoms with Crippen LogP contribution in [0.5, 0.6) is 0 Å². The number of aryl methyl sites for hydroxylation is 1. The van der Waals surface area contributed by atoms with Gasteiger partial charge in [0, 0.05) is 25.6 Å². The highest BCUT2D eigenvalue weighted by molar-refractivity contribution is 5.87. The second-order valence-corrected chi connectivity index (χ2v) is 8.06. The van der Waals surface area contributed by atoms with E-state index in [1.807, 2.05) is 0 Å². The van der Waals surface area contributed by atoms with Gasteiger partial charge in [-0.25, -0.2) is 13.8 Å². The third kappa shape index (κ3) is 5.79. The second kappa shape index (κ2) is 10.5. The summed E-state index contributed by atoms with van der Waals surface area (Å²) in [4.78, 5) is 31.6. The van der Waals surface area contributed by atoms with E-state index in [2.05, 4.69) is 15.6 Å². The zero-order valence-electron chi connectivity index (χ0n) is 18.3. The SMILES string of the molecule is CC(=O)N(C1CCCCN1)[C@@H](Cc1ccc(F)c(F)c1)C(=O)NCc1ccc(N)nc1C. The summed E-state index contributed by atoms with van der Waals surface area (Å²) in [5, 5.41) is 6.17. The van der Waals surface area contributed by atoms with Gasteiger partial charge in [-0.2, -0.15) is 0 Å². The van der Waals surface area contributed by atoms with Gasteiger partial charge in [0.25, 0.3) is 0 Å². The molecular weight excluding hydrogens is 416 g/mol. The molecule has 9 heteroatoms. The van der Waals surface area contributed by atoms with Gasteiger partial charge in [0.1, 0.15) is 11.9 Å². The summed E-state index contributed by atoms with van der Waals surface area (Å²) in [7, 11) is 0. The maximum Gasteiger partial charge on any atom is 0.243 e. The molecule has 2 amide bonds. The number of amides is 2. The minimum atomic E-state index is -0.990. The van der Waals surface area contributed by atoms with E-state index in [4.69, 9.17) is 5.73 Å². The Hall–Kier alpha value is -3.07. The quantitative estimate of drug-likeness (QED) is 0.608. The molecule has 1 aliphatic rings. The van der Waals surface area contributed by atoms with Crippen LogP contribution < -0.4 is 16.4 Å². The minimum absolute atomic E-state index is 0.0553. The first-order valence-electron chi connectivity index (χ1n) is 10.7. The Morgan fingerprint density at radius 3 is 2.66 bits per heavy atom. The van der Waals surface area contributed by atoms with E-state index in [0.29, 0.717) is 23.5 Å². The Kier molecular flexibility index (Phi) is 7.74. The first-order valence-corrected chi connectivity index (χ1v) is 10.7. The van der Waals surface area contributed by atoms with Gasteiger partial charge in [-0.3, -0.25) is 14.9 Å². The van der Waals surface area contributed by atoms with E-state index in [1.165, 1.54) is 17.9 Å². The summed E-state index contributed by atoms with van der Waals surface area (Å²) < 4.78 is 27.2. The molecule has 1 aromatic carbocycles. The molecule has 1 aliphatic heterocycles. The summed E-state index contributed by atoms with van der Waals surface area (Å²) in [5.41, 5.74) is 7.61. The molecule has 0 bridgehead atoms. The fourth-order valence-electron chi connectivity index (χ4n) is 4.03. The van der Waals surface area contributed by atoms with Crippen LogP contribution in [0.3, 0.4) is 0 Å². The third-order valence-electron chi connectivity index (χ3n) is 5.71. The van der Waals surface area contributed by atoms with E-state index in [0.717, 1.165) is 37.1 Å². The number of nitrogen functional groups attached to an aromatic ring is 1. The number of benzene rings is 1. The molecular formula is C23H29F2N5O2. The van der Waals surface area contributed by atoms with E-state index in [1.54, 1.807) is 19.1 Å². The molecule has 2 aromatic rings. The molecule has 2 heterocycles. The first-order chi connectivity index (χ1) is 15.3. The fourth-order valence-corrected chi connectivity index (χ4v) is 4.03. The molecule has 0 saturated carbocycles. The number of aromatic nitrogens is 1. The number of anilines is 1. The van der Waals surface area contributed by atoms with Crippen molar-refractivity contribution < 1.29 is 18.4 Å². The number of pyridine rings is 1. The number of nitrogens with zero attached hydrogens (tertiary/aromatic N) is 2. The van der Waals surface area contributed by atoms with Crippen molar-refractivity contribution in [3.8, 4) is 0 Å². The van der Waals surface area contributed by atoms with Crippen molar-refractivity contribution in [2.24, 2.45) is 0 Å². The predicted octanol–water partition coefficient (Wildman–Crippen LogP) is 2.43. The van der Waals surface area contributed by atoms with Gasteiger partial charge < -0.3 is 16.0 Å². The van der Waals surface area contributed by atoms with Crippen LogP contribution in [0.1, 0.15) is 43.0 Å². The van der Waals surface area contributed by atoms with Crippen LogP contribution in [0, 0.1) is 18.6 Å². The monoisotopic (exact) mass is 445 g/mol. The predicted molar refractivity (Wildman–Crippen MR) is 117 cm³/mol. The smallest absolute Gasteiger partial charge is 0.243 e. The number of hydrogen-bond donors (Lipinski definition) is 3. The number of hydrogen-bond acceptors (Lipinski definition) is 5. The van der Waals surface area contributed by atoms with Gasteiger partial charge in [-0.15, -0.1) is 0 Å². The van der Waals surface area contributed by atoms with Crippen LogP contribution in [-0.2, 0) is 22.6 Å². The maximum absolute atomic E-state index is 13.8. The number of carbonyl (C=O) groups excluding carboxylic acids is 2. The summed E-state index contributed by atoms with van der Waals surface area (Å²) in [6.45, 7) is 4.15. The average molecular weight is 446 g/mol. The molecule has 4 N–H and O–H groups in total. The van der Waals surface area contributed by atoms with Crippen molar-refractivity contribution in [3.05, 3.63) is 58.8 Å². The van der Waals surface area contributed by atoms with E-state index in [9.17, 15) is 18.4 Å². The molecule has 0 spiro atoms. The Morgan fingerprint density at radius 1 is 1.25 bits per heavy atom. The lowest BCUT2D eigenvalue weighted by Crippen LogP contribution is -2.59. The molecule has 1 fully saturated rings. The number of rotatable bonds is 7. The summed E-state index contributed by atoms with van der Waals surface area (Å²) >= 11 is 0. The highest BCUT2D eigenvalue weighted by Crippen LogP contribution is 2.20. The highest BCUT2D eigenvalue weighted by Gasteiger charge is 2.34. The van der Waals surface area contributed by atoms with Crippen LogP contribution in [-0.4, -0.2) is 40.5 Å². The number of piperidine rings is 1. The van der Waals surface area contributed by atoms with Crippen LogP contribution >= 0.6 is 0 Å². The standard InChI is InChI=1S/C23H29F2N5O2/c1-14-17(7-9-21(26)29-14)13-28-23(32)20(12-16-6-8-18(24)19(25)11-16)30(15(2)31)22-5-3-4-10-27-22/h6-9,11,20,22,27H,3-5,10,12-13H2,1-2H3,(H2,26,29)(H,28,32)/t20-,22?/m0/s1. The Labute approximate surface area is 186 Å². The zero-order chi connectivity index (χ0) is 23.3. The number of nitrogens with one attached hydrogen (secondary N) is 2. The highest BCUT2D eigenvalue weighted by atomic mass is 19.2. The van der Waals surface area contributed by atoms with Crippen molar-refractivity contribution in [3.63, 3.8) is 0 Å². The lowest BCUT2D eigenvalue weighted by Gasteiger charge is -2.39. The molecule has 1 saturated heterocycles. The average Bonchev–Trinajstić information content (AvgIpc) is 2.75. The second-order valence-electron chi connectivity index (χ2n) is 8.06. The molecule has 0 aliphatic carbocycles. The molecule has 3 rings (SSSR count). The van der Waals surface area contributed by atoms with Crippen molar-refractivity contribution in [1.29, 1.82) is 0 Å². The normalized spacial score (nSPS) is 16.9. The van der Waals surface area contributed by atoms with Crippen LogP contribution in [0.25, 0.3) is 0 Å². The summed E-state index contributed by atoms with van der Waals surface area (Å²) in [6, 6.07) is 6.07. The molecule has 1 aromatic heterocycles. The van der Waals surface area contributed by atoms with Crippen LogP contribution in [0.15, 0.2) is 30.3 Å². The van der Waals surface area contributed by atoms with Crippen molar-refractivity contribution in [1.82, 2.24) is 20.5 Å². The topological polar surface area (TPSA) is 100 Å². The number of halogens is 2. The molecule has 2 atom stereocenters. The van der Waals surface area contributed by atoms with Gasteiger partial charge in [0.05, 0.1) is 6.17 Å². The van der Waals surface area contributed by atoms with Gasteiger partial charge >= 0.3 is 0 Å². The van der Waals surface area contributed by atoms with Gasteiger partial charge in [0.2, 0.25) is 11.8 Å². The van der Waals surface area contributed by atoms with Crippen molar-refractivity contribution >= 4 is 17.6 Å². The number of nitrogens with two attached hydrogens (primary N) is 1. The Balaban J connectivity index is 1.85. The first kappa shape index (κ1) is 23.6. The molecule has 32 heavy (non-hydrogen) atoms. The van der Waals surface area contributed by atoms with Gasteiger partial charge in [-0.05, 0) is 62.1 Å². The van der Waals surface area contributed by atoms with E-state index in [-0.39, 0.29) is 30.9 Å². The fraction of sp³-hybridized carbons (Fsp3) is 0.435. The lowest BCUT2D eigenvalue weighted by molar-refractivity contribution is -0.143. The molecule has 1 unspecified atom stereocenters. The molecule has 172 valence electrons. The van der Waals surface area contributed by atoms with E-state index < -0.39 is 17.7 Å². The minimum Gasteiger partial charge on any atom is -0.384 e. The van der Waals surface area contributed by atoms with Crippen LogP contribution in [0.2, 0.25) is 0 Å². The van der Waals surface area contributed by atoms with Crippen molar-refractivity contribution in [2.75, 3.05) is 12.3 Å².